The van der Waals surface area contributed by atoms with Crippen LogP contribution < -0.4 is 5.32 Å². The molecule has 1 N–H and O–H groups in total. The second-order valence-corrected chi connectivity index (χ2v) is 10.2. The van der Waals surface area contributed by atoms with Gasteiger partial charge in [0, 0.05) is 24.0 Å². The highest BCUT2D eigenvalue weighted by Crippen LogP contribution is 2.23. The molecule has 2 aromatic carbocycles. The van der Waals surface area contributed by atoms with Gasteiger partial charge in [0.2, 0.25) is 11.8 Å². The van der Waals surface area contributed by atoms with E-state index in [1.807, 2.05) is 45.0 Å². The van der Waals surface area contributed by atoms with Crippen molar-refractivity contribution in [3.63, 3.8) is 0 Å². The Kier molecular flexibility index (Phi) is 9.97. The largest absolute Gasteiger partial charge is 0.352 e. The van der Waals surface area contributed by atoms with E-state index >= 15 is 0 Å². The molecule has 0 aliphatic heterocycles. The number of nitrogens with zero attached hydrogens (tertiary/aromatic N) is 1. The first kappa shape index (κ1) is 26.9. The Hall–Kier alpha value is -2.33. The number of amides is 2. The molecule has 5 heteroatoms. The molecule has 2 amide bonds. The van der Waals surface area contributed by atoms with Crippen LogP contribution in [0.5, 0.6) is 0 Å². The molecule has 0 aromatic heterocycles. The van der Waals surface area contributed by atoms with Gasteiger partial charge in [0.05, 0.1) is 0 Å². The molecule has 0 aliphatic rings. The molecule has 2 rings (SSSR count). The lowest BCUT2D eigenvalue weighted by atomic mass is 9.86. The maximum atomic E-state index is 13.4. The van der Waals surface area contributed by atoms with Crippen LogP contribution in [0.4, 0.5) is 0 Å². The molecule has 33 heavy (non-hydrogen) atoms. The van der Waals surface area contributed by atoms with Gasteiger partial charge in [0.1, 0.15) is 6.04 Å². The molecule has 180 valence electrons. The summed E-state index contributed by atoms with van der Waals surface area (Å²) in [5.41, 5.74) is 3.32. The first-order valence-electron chi connectivity index (χ1n) is 12.0. The number of rotatable bonds is 10. The summed E-state index contributed by atoms with van der Waals surface area (Å²) in [6, 6.07) is 15.5. The molecule has 0 bridgehead atoms. The lowest BCUT2D eigenvalue weighted by Crippen LogP contribution is -2.50. The molecular weight excluding hydrogens is 432 g/mol. The van der Waals surface area contributed by atoms with Crippen molar-refractivity contribution in [3.05, 3.63) is 70.2 Å². The second kappa shape index (κ2) is 12.2. The van der Waals surface area contributed by atoms with E-state index in [1.165, 1.54) is 5.56 Å². The standard InChI is InChI=1S/C28H39ClN2O2/c1-7-20(3)30-27(33)25(8-2)31(19-22-11-9-10-12-24(22)29)26(32)18-15-21-13-16-23(17-14-21)28(4,5)6/h9-14,16-17,20,25H,7-8,15,18-19H2,1-6H3,(H,30,33)/t20-,25-/m0/s1. The number of benzene rings is 2. The number of aryl methyl sites for hydroxylation is 1. The fraction of sp³-hybridized carbons (Fsp3) is 0.500. The van der Waals surface area contributed by atoms with E-state index in [-0.39, 0.29) is 23.3 Å². The molecule has 2 aromatic rings. The van der Waals surface area contributed by atoms with Crippen LogP contribution in [0.1, 0.15) is 77.5 Å². The molecule has 0 saturated carbocycles. The van der Waals surface area contributed by atoms with Gasteiger partial charge in [-0.15, -0.1) is 0 Å². The van der Waals surface area contributed by atoms with Crippen molar-refractivity contribution < 1.29 is 9.59 Å². The lowest BCUT2D eigenvalue weighted by molar-refractivity contribution is -0.141. The van der Waals surface area contributed by atoms with Crippen LogP contribution in [0, 0.1) is 0 Å². The third-order valence-corrected chi connectivity index (χ3v) is 6.50. The minimum Gasteiger partial charge on any atom is -0.352 e. The molecular formula is C28H39ClN2O2. The average Bonchev–Trinajstić information content (AvgIpc) is 2.78. The van der Waals surface area contributed by atoms with Crippen molar-refractivity contribution in [2.45, 2.75) is 91.3 Å². The van der Waals surface area contributed by atoms with Crippen LogP contribution in [0.25, 0.3) is 0 Å². The number of hydrogen-bond donors (Lipinski definition) is 1. The van der Waals surface area contributed by atoms with E-state index in [0.29, 0.717) is 30.8 Å². The van der Waals surface area contributed by atoms with Gasteiger partial charge in [-0.1, -0.05) is 88.7 Å². The summed E-state index contributed by atoms with van der Waals surface area (Å²) in [5.74, 6) is -0.150. The first-order chi connectivity index (χ1) is 15.6. The summed E-state index contributed by atoms with van der Waals surface area (Å²) in [4.78, 5) is 28.2. The van der Waals surface area contributed by atoms with Crippen molar-refractivity contribution in [2.75, 3.05) is 0 Å². The van der Waals surface area contributed by atoms with Crippen molar-refractivity contribution in [1.29, 1.82) is 0 Å². The highest BCUT2D eigenvalue weighted by Gasteiger charge is 2.29. The molecule has 0 aliphatic carbocycles. The quantitative estimate of drug-likeness (QED) is 0.443. The SMILES string of the molecule is CC[C@H](C)NC(=O)[C@H](CC)N(Cc1ccccc1Cl)C(=O)CCc1ccc(C(C)(C)C)cc1. The smallest absolute Gasteiger partial charge is 0.243 e. The molecule has 0 unspecified atom stereocenters. The average molecular weight is 471 g/mol. The Balaban J connectivity index is 2.21. The minimum absolute atomic E-state index is 0.0408. The van der Waals surface area contributed by atoms with Crippen LogP contribution in [-0.2, 0) is 28.0 Å². The fourth-order valence-electron chi connectivity index (χ4n) is 3.74. The first-order valence-corrected chi connectivity index (χ1v) is 12.4. The maximum absolute atomic E-state index is 13.4. The van der Waals surface area contributed by atoms with Crippen LogP contribution >= 0.6 is 11.6 Å². The van der Waals surface area contributed by atoms with E-state index in [0.717, 1.165) is 17.5 Å². The van der Waals surface area contributed by atoms with Crippen molar-refractivity contribution in [2.24, 2.45) is 0 Å². The molecule has 0 spiro atoms. The molecule has 4 nitrogen and oxygen atoms in total. The fourth-order valence-corrected chi connectivity index (χ4v) is 3.93. The van der Waals surface area contributed by atoms with Crippen LogP contribution in [0.15, 0.2) is 48.5 Å². The molecule has 0 saturated heterocycles. The number of halogens is 1. The van der Waals surface area contributed by atoms with Crippen molar-refractivity contribution in [1.82, 2.24) is 10.2 Å². The van der Waals surface area contributed by atoms with E-state index in [1.54, 1.807) is 4.90 Å². The van der Waals surface area contributed by atoms with Crippen molar-refractivity contribution >= 4 is 23.4 Å². The van der Waals surface area contributed by atoms with Gasteiger partial charge in [-0.2, -0.15) is 0 Å². The molecule has 0 radical (unpaired) electrons. The zero-order chi connectivity index (χ0) is 24.6. The van der Waals surface area contributed by atoms with Gasteiger partial charge in [-0.05, 0) is 54.4 Å². The predicted octanol–water partition coefficient (Wildman–Crippen LogP) is 6.29. The van der Waals surface area contributed by atoms with Gasteiger partial charge in [0.15, 0.2) is 0 Å². The normalized spacial score (nSPS) is 13.3. The highest BCUT2D eigenvalue weighted by atomic mass is 35.5. The van der Waals surface area contributed by atoms with Crippen LogP contribution in [-0.4, -0.2) is 28.8 Å². The zero-order valence-corrected chi connectivity index (χ0v) is 21.7. The third-order valence-electron chi connectivity index (χ3n) is 6.13. The molecule has 2 atom stereocenters. The lowest BCUT2D eigenvalue weighted by Gasteiger charge is -2.32. The van der Waals surface area contributed by atoms with Gasteiger partial charge < -0.3 is 10.2 Å². The van der Waals surface area contributed by atoms with Crippen molar-refractivity contribution in [3.8, 4) is 0 Å². The highest BCUT2D eigenvalue weighted by molar-refractivity contribution is 6.31. The Bertz CT molecular complexity index is 918. The Labute approximate surface area is 204 Å². The van der Waals surface area contributed by atoms with Gasteiger partial charge in [-0.3, -0.25) is 9.59 Å². The summed E-state index contributed by atoms with van der Waals surface area (Å²) < 4.78 is 0. The summed E-state index contributed by atoms with van der Waals surface area (Å²) in [7, 11) is 0. The van der Waals surface area contributed by atoms with E-state index < -0.39 is 6.04 Å². The Morgan fingerprint density at radius 2 is 1.64 bits per heavy atom. The van der Waals surface area contributed by atoms with Gasteiger partial charge in [-0.25, -0.2) is 0 Å². The van der Waals surface area contributed by atoms with Crippen LogP contribution in [0.2, 0.25) is 5.02 Å². The summed E-state index contributed by atoms with van der Waals surface area (Å²) in [5, 5.41) is 3.65. The monoisotopic (exact) mass is 470 g/mol. The summed E-state index contributed by atoms with van der Waals surface area (Å²) in [6.07, 6.45) is 2.35. The van der Waals surface area contributed by atoms with Gasteiger partial charge >= 0.3 is 0 Å². The number of carbonyl (C=O) groups excluding carboxylic acids is 2. The molecule has 0 heterocycles. The Morgan fingerprint density at radius 1 is 1.00 bits per heavy atom. The van der Waals surface area contributed by atoms with Gasteiger partial charge in [0.25, 0.3) is 0 Å². The van der Waals surface area contributed by atoms with Crippen LogP contribution in [0.3, 0.4) is 0 Å². The van der Waals surface area contributed by atoms with E-state index in [2.05, 4.69) is 50.4 Å². The topological polar surface area (TPSA) is 49.4 Å². The second-order valence-electron chi connectivity index (χ2n) is 9.80. The number of nitrogens with one attached hydrogen (secondary N) is 1. The Morgan fingerprint density at radius 3 is 2.18 bits per heavy atom. The van der Waals surface area contributed by atoms with E-state index in [9.17, 15) is 9.59 Å². The maximum Gasteiger partial charge on any atom is 0.243 e. The third kappa shape index (κ3) is 7.89. The molecule has 0 fully saturated rings. The number of carbonyl (C=O) groups is 2. The summed E-state index contributed by atoms with van der Waals surface area (Å²) >= 11 is 6.39. The predicted molar refractivity (Wildman–Crippen MR) is 137 cm³/mol. The minimum atomic E-state index is -0.536. The van der Waals surface area contributed by atoms with E-state index in [4.69, 9.17) is 11.6 Å². The zero-order valence-electron chi connectivity index (χ0n) is 21.0. The summed E-state index contributed by atoms with van der Waals surface area (Å²) in [6.45, 7) is 12.8. The number of hydrogen-bond acceptors (Lipinski definition) is 2.